The first-order valence-electron chi connectivity index (χ1n) is 7.70. The average molecular weight is 322 g/mol. The van der Waals surface area contributed by atoms with Crippen molar-refractivity contribution in [1.29, 1.82) is 0 Å². The number of carbonyl (C=O) groups excluding carboxylic acids is 2. The number of hydrogen-bond donors (Lipinski definition) is 1. The highest BCUT2D eigenvalue weighted by molar-refractivity contribution is 5.87. The Labute approximate surface area is 133 Å². The van der Waals surface area contributed by atoms with Gasteiger partial charge in [0, 0.05) is 13.2 Å². The molecule has 23 heavy (non-hydrogen) atoms. The lowest BCUT2D eigenvalue weighted by Gasteiger charge is -2.21. The first-order chi connectivity index (χ1) is 11.1. The molecule has 2 fully saturated rings. The lowest BCUT2D eigenvalue weighted by Crippen LogP contribution is -2.47. The number of cyclic esters (lactones) is 1. The predicted octanol–water partition coefficient (Wildman–Crippen LogP) is 1.44. The third-order valence-electron chi connectivity index (χ3n) is 4.07. The summed E-state index contributed by atoms with van der Waals surface area (Å²) in [6.07, 6.45) is 1.44. The van der Waals surface area contributed by atoms with Gasteiger partial charge in [0.15, 0.2) is 0 Å². The monoisotopic (exact) mass is 322 g/mol. The molecule has 0 spiro atoms. The number of nitrogens with one attached hydrogen (secondary N) is 1. The average Bonchev–Trinajstić information content (AvgIpc) is 3.18. The minimum absolute atomic E-state index is 0.0252. The molecular weight excluding hydrogens is 303 g/mol. The van der Waals surface area contributed by atoms with Crippen molar-refractivity contribution in [2.75, 3.05) is 19.8 Å². The van der Waals surface area contributed by atoms with E-state index in [4.69, 9.17) is 9.47 Å². The van der Waals surface area contributed by atoms with Crippen LogP contribution >= 0.6 is 0 Å². The number of amides is 2. The van der Waals surface area contributed by atoms with Crippen LogP contribution in [0.25, 0.3) is 0 Å². The van der Waals surface area contributed by atoms with Gasteiger partial charge in [-0.25, -0.2) is 9.18 Å². The molecule has 3 rings (SSSR count). The molecule has 2 aliphatic heterocycles. The molecule has 0 radical (unpaired) electrons. The summed E-state index contributed by atoms with van der Waals surface area (Å²) in [7, 11) is 0. The number of carbonyl (C=O) groups is 2. The summed E-state index contributed by atoms with van der Waals surface area (Å²) in [5.74, 6) is -0.600. The largest absolute Gasteiger partial charge is 0.447 e. The molecule has 2 aliphatic rings. The van der Waals surface area contributed by atoms with E-state index in [0.717, 1.165) is 25.0 Å². The third-order valence-corrected chi connectivity index (χ3v) is 4.07. The Morgan fingerprint density at radius 1 is 1.35 bits per heavy atom. The molecule has 2 saturated heterocycles. The Bertz CT molecular complexity index is 572. The van der Waals surface area contributed by atoms with Crippen LogP contribution in [0.2, 0.25) is 0 Å². The number of hydrogen-bond acceptors (Lipinski definition) is 4. The van der Waals surface area contributed by atoms with Gasteiger partial charge >= 0.3 is 6.09 Å². The van der Waals surface area contributed by atoms with E-state index in [1.807, 2.05) is 0 Å². The summed E-state index contributed by atoms with van der Waals surface area (Å²) in [5, 5.41) is 2.81. The molecule has 0 saturated carbocycles. The van der Waals surface area contributed by atoms with Gasteiger partial charge in [-0.1, -0.05) is 12.1 Å². The fourth-order valence-electron chi connectivity index (χ4n) is 2.77. The van der Waals surface area contributed by atoms with Gasteiger partial charge in [0.05, 0.1) is 12.6 Å². The third kappa shape index (κ3) is 3.79. The van der Waals surface area contributed by atoms with Crippen LogP contribution in [-0.2, 0) is 20.8 Å². The van der Waals surface area contributed by atoms with E-state index in [2.05, 4.69) is 5.32 Å². The van der Waals surface area contributed by atoms with E-state index >= 15 is 0 Å². The molecule has 124 valence electrons. The van der Waals surface area contributed by atoms with Crippen molar-refractivity contribution in [2.45, 2.75) is 31.5 Å². The van der Waals surface area contributed by atoms with Crippen LogP contribution in [0, 0.1) is 5.82 Å². The molecule has 2 heterocycles. The molecule has 7 heteroatoms. The van der Waals surface area contributed by atoms with Gasteiger partial charge in [0.25, 0.3) is 0 Å². The minimum atomic E-state index is -0.672. The summed E-state index contributed by atoms with van der Waals surface area (Å²) in [6, 6.07) is 5.14. The maximum absolute atomic E-state index is 12.9. The van der Waals surface area contributed by atoms with Crippen molar-refractivity contribution in [1.82, 2.24) is 10.2 Å². The van der Waals surface area contributed by atoms with Crippen LogP contribution in [0.15, 0.2) is 24.3 Å². The number of rotatable bonds is 5. The SMILES string of the molecule is O=C(NCC1CCCO1)[C@@H]1COC(=O)N1Cc1ccc(F)cc1. The van der Waals surface area contributed by atoms with Crippen LogP contribution < -0.4 is 5.32 Å². The van der Waals surface area contributed by atoms with Crippen LogP contribution in [0.1, 0.15) is 18.4 Å². The highest BCUT2D eigenvalue weighted by atomic mass is 19.1. The molecule has 0 aliphatic carbocycles. The van der Waals surface area contributed by atoms with Crippen molar-refractivity contribution in [2.24, 2.45) is 0 Å². The number of halogens is 1. The maximum Gasteiger partial charge on any atom is 0.410 e. The molecule has 1 aromatic carbocycles. The summed E-state index contributed by atoms with van der Waals surface area (Å²) in [6.45, 7) is 1.39. The second-order valence-electron chi connectivity index (χ2n) is 5.73. The topological polar surface area (TPSA) is 67.9 Å². The van der Waals surface area contributed by atoms with E-state index in [1.165, 1.54) is 17.0 Å². The Balaban J connectivity index is 1.59. The quantitative estimate of drug-likeness (QED) is 0.891. The maximum atomic E-state index is 12.9. The molecule has 2 amide bonds. The summed E-state index contributed by atoms with van der Waals surface area (Å²) < 4.78 is 23.4. The molecule has 6 nitrogen and oxygen atoms in total. The fourth-order valence-corrected chi connectivity index (χ4v) is 2.77. The van der Waals surface area contributed by atoms with Crippen LogP contribution in [0.4, 0.5) is 9.18 Å². The molecule has 1 N–H and O–H groups in total. The normalized spacial score (nSPS) is 23.9. The van der Waals surface area contributed by atoms with Gasteiger partial charge in [0.2, 0.25) is 5.91 Å². The lowest BCUT2D eigenvalue weighted by atomic mass is 10.1. The summed E-state index contributed by atoms with van der Waals surface area (Å²) in [5.41, 5.74) is 0.738. The van der Waals surface area contributed by atoms with Crippen LogP contribution in [0.5, 0.6) is 0 Å². The van der Waals surface area contributed by atoms with Gasteiger partial charge in [-0.15, -0.1) is 0 Å². The molecule has 0 aromatic heterocycles. The van der Waals surface area contributed by atoms with E-state index in [1.54, 1.807) is 12.1 Å². The van der Waals surface area contributed by atoms with Crippen LogP contribution in [0.3, 0.4) is 0 Å². The second-order valence-corrected chi connectivity index (χ2v) is 5.73. The fraction of sp³-hybridized carbons (Fsp3) is 0.500. The van der Waals surface area contributed by atoms with Crippen molar-refractivity contribution < 1.29 is 23.5 Å². The Hall–Kier alpha value is -2.15. The van der Waals surface area contributed by atoms with Gasteiger partial charge in [-0.3, -0.25) is 9.69 Å². The van der Waals surface area contributed by atoms with Crippen LogP contribution in [-0.4, -0.2) is 48.8 Å². The van der Waals surface area contributed by atoms with E-state index in [9.17, 15) is 14.0 Å². The molecular formula is C16H19FN2O4. The standard InChI is InChI=1S/C16H19FN2O4/c17-12-5-3-11(4-6-12)9-19-14(10-23-16(19)21)15(20)18-8-13-2-1-7-22-13/h3-6,13-14H,1-2,7-10H2,(H,18,20)/t13?,14-/m0/s1. The van der Waals surface area contributed by atoms with E-state index in [-0.39, 0.29) is 31.0 Å². The summed E-state index contributed by atoms with van der Waals surface area (Å²) >= 11 is 0. The zero-order valence-corrected chi connectivity index (χ0v) is 12.7. The van der Waals surface area contributed by atoms with Crippen molar-refractivity contribution >= 4 is 12.0 Å². The van der Waals surface area contributed by atoms with Crippen molar-refractivity contribution in [3.05, 3.63) is 35.6 Å². The minimum Gasteiger partial charge on any atom is -0.447 e. The van der Waals surface area contributed by atoms with Crippen molar-refractivity contribution in [3.63, 3.8) is 0 Å². The Morgan fingerprint density at radius 3 is 2.83 bits per heavy atom. The number of ether oxygens (including phenoxy) is 2. The van der Waals surface area contributed by atoms with E-state index < -0.39 is 12.1 Å². The van der Waals surface area contributed by atoms with Gasteiger partial charge in [-0.05, 0) is 30.5 Å². The smallest absolute Gasteiger partial charge is 0.410 e. The Kier molecular flexibility index (Phi) is 4.76. The highest BCUT2D eigenvalue weighted by Crippen LogP contribution is 2.17. The van der Waals surface area contributed by atoms with E-state index in [0.29, 0.717) is 6.54 Å². The first-order valence-corrected chi connectivity index (χ1v) is 7.70. The van der Waals surface area contributed by atoms with Gasteiger partial charge < -0.3 is 14.8 Å². The lowest BCUT2D eigenvalue weighted by molar-refractivity contribution is -0.125. The van der Waals surface area contributed by atoms with Gasteiger partial charge in [-0.2, -0.15) is 0 Å². The predicted molar refractivity (Wildman–Crippen MR) is 79.1 cm³/mol. The zero-order valence-electron chi connectivity index (χ0n) is 12.7. The first kappa shape index (κ1) is 15.7. The zero-order chi connectivity index (χ0) is 16.2. The molecule has 0 bridgehead atoms. The Morgan fingerprint density at radius 2 is 2.13 bits per heavy atom. The number of nitrogens with zero attached hydrogens (tertiary/aromatic N) is 1. The van der Waals surface area contributed by atoms with Gasteiger partial charge in [0.1, 0.15) is 18.5 Å². The number of benzene rings is 1. The molecule has 1 unspecified atom stereocenters. The molecule has 2 atom stereocenters. The molecule has 1 aromatic rings. The second kappa shape index (κ2) is 6.95. The highest BCUT2D eigenvalue weighted by Gasteiger charge is 2.38. The van der Waals surface area contributed by atoms with Crippen molar-refractivity contribution in [3.8, 4) is 0 Å². The summed E-state index contributed by atoms with van der Waals surface area (Å²) in [4.78, 5) is 25.5.